The van der Waals surface area contributed by atoms with Gasteiger partial charge in [0.05, 0.1) is 4.90 Å². The molecule has 4 nitrogen and oxygen atoms in total. The summed E-state index contributed by atoms with van der Waals surface area (Å²) in [6.07, 6.45) is 3.61. The monoisotopic (exact) mass is 447 g/mol. The molecule has 0 aliphatic heterocycles. The van der Waals surface area contributed by atoms with Gasteiger partial charge < -0.3 is 0 Å². The molecule has 0 fully saturated rings. The molecule has 0 heterocycles. The van der Waals surface area contributed by atoms with Crippen molar-refractivity contribution in [2.24, 2.45) is 0 Å². The summed E-state index contributed by atoms with van der Waals surface area (Å²) in [5, 5.41) is 0. The third kappa shape index (κ3) is 5.99. The molecule has 0 saturated carbocycles. The number of carbonyl (C=O) groups excluding carboxylic acids is 1. The van der Waals surface area contributed by atoms with E-state index >= 15 is 0 Å². The molecular weight excluding hydrogens is 426 g/mol. The van der Waals surface area contributed by atoms with Crippen molar-refractivity contribution in [2.45, 2.75) is 18.7 Å². The molecule has 0 aromatic heterocycles. The van der Waals surface area contributed by atoms with Gasteiger partial charge >= 0.3 is 0 Å². The summed E-state index contributed by atoms with van der Waals surface area (Å²) < 4.78 is 27.8. The first-order valence-electron chi connectivity index (χ1n) is 8.38. The lowest BCUT2D eigenvalue weighted by atomic mass is 10.1. The number of nitrogens with zero attached hydrogens (tertiary/aromatic N) is 1. The Morgan fingerprint density at radius 3 is 2.22 bits per heavy atom. The average Bonchev–Trinajstić information content (AvgIpc) is 2.61. The second kappa shape index (κ2) is 9.26. The fraction of sp³-hybridized carbons (Fsp3) is 0.190. The Bertz CT molecular complexity index is 946. The molecule has 0 unspecified atom stereocenters. The summed E-state index contributed by atoms with van der Waals surface area (Å²) in [5.41, 5.74) is 2.54. The summed E-state index contributed by atoms with van der Waals surface area (Å²) in [6, 6.07) is 13.9. The second-order valence-electron chi connectivity index (χ2n) is 6.21. The molecule has 0 aliphatic rings. The van der Waals surface area contributed by atoms with Crippen LogP contribution >= 0.6 is 15.9 Å². The van der Waals surface area contributed by atoms with Crippen LogP contribution < -0.4 is 0 Å². The lowest BCUT2D eigenvalue weighted by molar-refractivity contribution is 0.101. The Balaban J connectivity index is 2.19. The van der Waals surface area contributed by atoms with Crippen molar-refractivity contribution in [1.82, 2.24) is 4.31 Å². The maximum Gasteiger partial charge on any atom is 0.243 e. The number of rotatable bonds is 8. The molecule has 142 valence electrons. The van der Waals surface area contributed by atoms with Crippen molar-refractivity contribution in [3.63, 3.8) is 0 Å². The molecule has 0 amide bonds. The minimum Gasteiger partial charge on any atom is -0.295 e. The van der Waals surface area contributed by atoms with Gasteiger partial charge in [-0.3, -0.25) is 4.79 Å². The molecule has 0 aliphatic carbocycles. The molecular formula is C21H22BrNO3S. The van der Waals surface area contributed by atoms with Crippen LogP contribution in [-0.2, 0) is 10.0 Å². The van der Waals surface area contributed by atoms with Gasteiger partial charge in [0.1, 0.15) is 0 Å². The Morgan fingerprint density at radius 1 is 1.11 bits per heavy atom. The number of carbonyl (C=O) groups is 1. The molecule has 0 N–H and O–H groups in total. The number of hydrogen-bond acceptors (Lipinski definition) is 3. The van der Waals surface area contributed by atoms with E-state index in [1.54, 1.807) is 42.5 Å². The van der Waals surface area contributed by atoms with Crippen LogP contribution in [0.3, 0.4) is 0 Å². The van der Waals surface area contributed by atoms with Crippen molar-refractivity contribution in [1.29, 1.82) is 0 Å². The zero-order valence-electron chi connectivity index (χ0n) is 15.4. The first-order chi connectivity index (χ1) is 12.7. The smallest absolute Gasteiger partial charge is 0.243 e. The highest BCUT2D eigenvalue weighted by atomic mass is 79.9. The van der Waals surface area contributed by atoms with Gasteiger partial charge in [0.15, 0.2) is 5.78 Å². The molecule has 0 saturated heterocycles. The van der Waals surface area contributed by atoms with Crippen LogP contribution in [0.2, 0.25) is 0 Å². The van der Waals surface area contributed by atoms with Gasteiger partial charge in [-0.15, -0.1) is 0 Å². The predicted molar refractivity (Wildman–Crippen MR) is 113 cm³/mol. The molecule has 6 heteroatoms. The van der Waals surface area contributed by atoms with E-state index in [1.807, 2.05) is 25.1 Å². The van der Waals surface area contributed by atoms with E-state index < -0.39 is 10.0 Å². The quantitative estimate of drug-likeness (QED) is 0.545. The largest absolute Gasteiger partial charge is 0.295 e. The van der Waals surface area contributed by atoms with E-state index in [4.69, 9.17) is 0 Å². The number of sulfonamides is 1. The summed E-state index contributed by atoms with van der Waals surface area (Å²) in [6.45, 7) is 7.57. The van der Waals surface area contributed by atoms with Gasteiger partial charge in [0, 0.05) is 23.1 Å². The number of Topliss-reactive ketones (excluding diaryl/α,β-unsaturated/α-hetero) is 1. The van der Waals surface area contributed by atoms with E-state index in [-0.39, 0.29) is 23.8 Å². The highest BCUT2D eigenvalue weighted by Gasteiger charge is 2.23. The van der Waals surface area contributed by atoms with Crippen molar-refractivity contribution in [2.75, 3.05) is 13.1 Å². The van der Waals surface area contributed by atoms with Crippen LogP contribution in [0.15, 0.2) is 70.6 Å². The minimum atomic E-state index is -3.64. The lowest BCUT2D eigenvalue weighted by Crippen LogP contribution is -2.32. The third-order valence-electron chi connectivity index (χ3n) is 3.94. The molecule has 0 radical (unpaired) electrons. The Labute approximate surface area is 169 Å². The van der Waals surface area contributed by atoms with Gasteiger partial charge in [-0.1, -0.05) is 76.6 Å². The van der Waals surface area contributed by atoms with Crippen LogP contribution in [0.25, 0.3) is 6.08 Å². The van der Waals surface area contributed by atoms with Crippen LogP contribution in [0.4, 0.5) is 0 Å². The molecule has 2 aromatic carbocycles. The topological polar surface area (TPSA) is 54.5 Å². The number of aryl methyl sites for hydroxylation is 1. The molecule has 0 atom stereocenters. The van der Waals surface area contributed by atoms with Crippen LogP contribution in [-0.4, -0.2) is 31.6 Å². The normalized spacial score (nSPS) is 11.9. The fourth-order valence-corrected chi connectivity index (χ4v) is 4.29. The Kier molecular flexibility index (Phi) is 7.30. The maximum absolute atomic E-state index is 12.9. The molecule has 2 aromatic rings. The first-order valence-corrected chi connectivity index (χ1v) is 10.6. The third-order valence-corrected chi connectivity index (χ3v) is 6.02. The first kappa shape index (κ1) is 21.3. The van der Waals surface area contributed by atoms with E-state index in [0.29, 0.717) is 10.0 Å². The average molecular weight is 448 g/mol. The predicted octanol–water partition coefficient (Wildman–Crippen LogP) is 4.81. The highest BCUT2D eigenvalue weighted by molar-refractivity contribution is 9.11. The van der Waals surface area contributed by atoms with Crippen LogP contribution in [0, 0.1) is 6.92 Å². The zero-order valence-corrected chi connectivity index (χ0v) is 17.8. The highest BCUT2D eigenvalue weighted by Crippen LogP contribution is 2.19. The van der Waals surface area contributed by atoms with Crippen molar-refractivity contribution in [3.8, 4) is 0 Å². The van der Waals surface area contributed by atoms with Gasteiger partial charge in [-0.05, 0) is 31.5 Å². The van der Waals surface area contributed by atoms with E-state index in [0.717, 1.165) is 11.1 Å². The standard InChI is InChI=1S/C21H22BrNO3S/c1-16-6-12-21(13-7-16)27(25,26)23(15-17(2)22)14-4-5-19-8-10-20(11-9-19)18(3)24/h4-13H,2,14-15H2,1,3H3/b5-4+. The zero-order chi connectivity index (χ0) is 20.0. The maximum atomic E-state index is 12.9. The fourth-order valence-electron chi connectivity index (χ4n) is 2.43. The number of benzene rings is 2. The summed E-state index contributed by atoms with van der Waals surface area (Å²) in [4.78, 5) is 11.6. The van der Waals surface area contributed by atoms with Crippen molar-refractivity contribution in [3.05, 3.63) is 82.4 Å². The van der Waals surface area contributed by atoms with E-state index in [2.05, 4.69) is 22.5 Å². The van der Waals surface area contributed by atoms with E-state index in [9.17, 15) is 13.2 Å². The SMILES string of the molecule is C=C(Br)CN(C/C=C/c1ccc(C(C)=O)cc1)S(=O)(=O)c1ccc(C)cc1. The second-order valence-corrected chi connectivity index (χ2v) is 9.27. The summed E-state index contributed by atoms with van der Waals surface area (Å²) in [5.74, 6) is 0.0109. The molecule has 27 heavy (non-hydrogen) atoms. The molecule has 0 spiro atoms. The summed E-state index contributed by atoms with van der Waals surface area (Å²) >= 11 is 3.25. The van der Waals surface area contributed by atoms with Gasteiger partial charge in [-0.2, -0.15) is 4.31 Å². The van der Waals surface area contributed by atoms with Crippen molar-refractivity contribution < 1.29 is 13.2 Å². The number of halogens is 1. The molecule has 2 rings (SSSR count). The van der Waals surface area contributed by atoms with E-state index in [1.165, 1.54) is 11.2 Å². The van der Waals surface area contributed by atoms with Gasteiger partial charge in [0.2, 0.25) is 10.0 Å². The van der Waals surface area contributed by atoms with Crippen LogP contribution in [0.5, 0.6) is 0 Å². The summed E-state index contributed by atoms with van der Waals surface area (Å²) in [7, 11) is -3.64. The lowest BCUT2D eigenvalue weighted by Gasteiger charge is -2.20. The van der Waals surface area contributed by atoms with Crippen LogP contribution in [0.1, 0.15) is 28.4 Å². The van der Waals surface area contributed by atoms with Gasteiger partial charge in [-0.25, -0.2) is 8.42 Å². The minimum absolute atomic E-state index is 0.0109. The Hall–Kier alpha value is -2.02. The molecule has 0 bridgehead atoms. The Morgan fingerprint density at radius 2 is 1.70 bits per heavy atom. The number of ketones is 1. The van der Waals surface area contributed by atoms with Crippen molar-refractivity contribution >= 4 is 37.8 Å². The number of hydrogen-bond donors (Lipinski definition) is 0. The van der Waals surface area contributed by atoms with Gasteiger partial charge in [0.25, 0.3) is 0 Å².